The third-order valence-electron chi connectivity index (χ3n) is 1.67. The van der Waals surface area contributed by atoms with Gasteiger partial charge in [0, 0.05) is 0 Å². The zero-order chi connectivity index (χ0) is 13.0. The Bertz CT molecular complexity index is 324. The van der Waals surface area contributed by atoms with E-state index < -0.39 is 5.92 Å². The predicted molar refractivity (Wildman–Crippen MR) is 67.8 cm³/mol. The highest BCUT2D eigenvalue weighted by Gasteiger charge is 2.06. The second-order valence-electron chi connectivity index (χ2n) is 2.60. The van der Waals surface area contributed by atoms with E-state index in [1.54, 1.807) is 0 Å². The van der Waals surface area contributed by atoms with Crippen LogP contribution in [0.3, 0.4) is 0 Å². The van der Waals surface area contributed by atoms with Gasteiger partial charge in [-0.25, -0.2) is 0 Å². The van der Waals surface area contributed by atoms with Crippen molar-refractivity contribution in [3.8, 4) is 12.1 Å². The molecule has 2 nitrogen and oxygen atoms in total. The Hall–Kier alpha value is -1.80. The van der Waals surface area contributed by atoms with Crippen molar-refractivity contribution in [2.24, 2.45) is 0 Å². The highest BCUT2D eigenvalue weighted by Crippen LogP contribution is 2.13. The maximum absolute atomic E-state index is 8.58. The van der Waals surface area contributed by atoms with Gasteiger partial charge in [-0.15, -0.1) is 0 Å². The van der Waals surface area contributed by atoms with E-state index in [4.69, 9.17) is 10.5 Å². The summed E-state index contributed by atoms with van der Waals surface area (Å²) in [4.78, 5) is 0. The normalized spacial score (nSPS) is 7.50. The Balaban J connectivity index is 0. The van der Waals surface area contributed by atoms with Crippen LogP contribution in [0.15, 0.2) is 24.3 Å². The summed E-state index contributed by atoms with van der Waals surface area (Å²) in [5, 5.41) is 17.2. The minimum Gasteiger partial charge on any atom is -0.196 e. The summed E-state index contributed by atoms with van der Waals surface area (Å²) in [5.41, 5.74) is 1.90. The van der Waals surface area contributed by atoms with E-state index in [1.807, 2.05) is 71.0 Å². The van der Waals surface area contributed by atoms with Gasteiger partial charge in [-0.3, -0.25) is 0 Å². The van der Waals surface area contributed by atoms with Crippen molar-refractivity contribution < 1.29 is 0 Å². The number of hydrogen-bond donors (Lipinski definition) is 0. The van der Waals surface area contributed by atoms with Gasteiger partial charge in [-0.05, 0) is 12.5 Å². The highest BCUT2D eigenvalue weighted by molar-refractivity contribution is 5.32. The van der Waals surface area contributed by atoms with Gasteiger partial charge in [0.2, 0.25) is 0 Å². The second-order valence-corrected chi connectivity index (χ2v) is 2.60. The summed E-state index contributed by atoms with van der Waals surface area (Å²) in [6.07, 6.45) is 0. The van der Waals surface area contributed by atoms with Crippen molar-refractivity contribution in [3.05, 3.63) is 35.4 Å². The number of nitrogens with zero attached hydrogens (tertiary/aromatic N) is 2. The fourth-order valence-corrected chi connectivity index (χ4v) is 0.937. The van der Waals surface area contributed by atoms with Crippen molar-refractivity contribution in [1.82, 2.24) is 0 Å². The highest BCUT2D eigenvalue weighted by atomic mass is 14.3. The quantitative estimate of drug-likeness (QED) is 0.707. The SMILES string of the molecule is CC.CC.Cc1ccc(C(C#N)C#N)cc1. The van der Waals surface area contributed by atoms with Crippen LogP contribution >= 0.6 is 0 Å². The minimum atomic E-state index is -0.634. The Morgan fingerprint density at radius 1 is 0.875 bits per heavy atom. The molecule has 1 aromatic rings. The predicted octanol–water partition coefficient (Wildman–Crippen LogP) is 4.18. The molecule has 0 spiro atoms. The number of aryl methyl sites for hydroxylation is 1. The van der Waals surface area contributed by atoms with Crippen molar-refractivity contribution in [1.29, 1.82) is 10.5 Å². The van der Waals surface area contributed by atoms with Crippen LogP contribution in [0.25, 0.3) is 0 Å². The standard InChI is InChI=1S/C10H8N2.2C2H6/c1-8-2-4-9(5-3-8)10(6-11)7-12;2*1-2/h2-5,10H,1H3;2*1-2H3. The first-order valence-electron chi connectivity index (χ1n) is 5.63. The van der Waals surface area contributed by atoms with Crippen molar-refractivity contribution in [3.63, 3.8) is 0 Å². The van der Waals surface area contributed by atoms with Gasteiger partial charge in [0.15, 0.2) is 5.92 Å². The molecule has 1 aromatic carbocycles. The summed E-state index contributed by atoms with van der Waals surface area (Å²) in [6, 6.07) is 11.3. The topological polar surface area (TPSA) is 47.6 Å². The molecule has 0 aromatic heterocycles. The molecule has 0 radical (unpaired) electrons. The second kappa shape index (κ2) is 11.3. The zero-order valence-corrected chi connectivity index (χ0v) is 10.8. The Morgan fingerprint density at radius 3 is 1.56 bits per heavy atom. The van der Waals surface area contributed by atoms with Gasteiger partial charge in [0.05, 0.1) is 12.1 Å². The molecule has 0 aliphatic heterocycles. The smallest absolute Gasteiger partial charge is 0.158 e. The number of hydrogen-bond acceptors (Lipinski definition) is 2. The largest absolute Gasteiger partial charge is 0.196 e. The molecule has 0 bridgehead atoms. The van der Waals surface area contributed by atoms with E-state index in [9.17, 15) is 0 Å². The fraction of sp³-hybridized carbons (Fsp3) is 0.429. The number of rotatable bonds is 1. The van der Waals surface area contributed by atoms with Gasteiger partial charge in [-0.1, -0.05) is 57.5 Å². The molecule has 0 amide bonds. The van der Waals surface area contributed by atoms with Crippen LogP contribution < -0.4 is 0 Å². The molecule has 0 saturated carbocycles. The molecule has 86 valence electrons. The maximum Gasteiger partial charge on any atom is 0.158 e. The molecule has 0 heterocycles. The van der Waals surface area contributed by atoms with Crippen LogP contribution in [0.1, 0.15) is 44.7 Å². The number of benzene rings is 1. The Morgan fingerprint density at radius 2 is 1.25 bits per heavy atom. The zero-order valence-electron chi connectivity index (χ0n) is 10.8. The van der Waals surface area contributed by atoms with Crippen LogP contribution in [-0.2, 0) is 0 Å². The van der Waals surface area contributed by atoms with Gasteiger partial charge < -0.3 is 0 Å². The van der Waals surface area contributed by atoms with Crippen LogP contribution in [0.5, 0.6) is 0 Å². The first-order chi connectivity index (χ1) is 7.77. The van der Waals surface area contributed by atoms with Crippen LogP contribution in [0, 0.1) is 29.6 Å². The van der Waals surface area contributed by atoms with E-state index in [2.05, 4.69) is 0 Å². The lowest BCUT2D eigenvalue weighted by molar-refractivity contribution is 1.10. The summed E-state index contributed by atoms with van der Waals surface area (Å²) in [5.74, 6) is -0.634. The lowest BCUT2D eigenvalue weighted by atomic mass is 10.0. The summed E-state index contributed by atoms with van der Waals surface area (Å²) < 4.78 is 0. The van der Waals surface area contributed by atoms with Crippen molar-refractivity contribution in [2.45, 2.75) is 40.5 Å². The summed E-state index contributed by atoms with van der Waals surface area (Å²) in [6.45, 7) is 9.97. The van der Waals surface area contributed by atoms with E-state index >= 15 is 0 Å². The third-order valence-corrected chi connectivity index (χ3v) is 1.67. The first kappa shape index (κ1) is 16.6. The van der Waals surface area contributed by atoms with Gasteiger partial charge in [0.1, 0.15) is 0 Å². The molecule has 16 heavy (non-hydrogen) atoms. The van der Waals surface area contributed by atoms with E-state index in [0.717, 1.165) is 11.1 Å². The molecule has 0 atom stereocenters. The minimum absolute atomic E-state index is 0.634. The number of nitriles is 2. The van der Waals surface area contributed by atoms with Crippen molar-refractivity contribution in [2.75, 3.05) is 0 Å². The molecular weight excluding hydrogens is 196 g/mol. The lowest BCUT2D eigenvalue weighted by Gasteiger charge is -1.99. The molecule has 2 heteroatoms. The molecule has 0 fully saturated rings. The Labute approximate surface area is 99.1 Å². The van der Waals surface area contributed by atoms with Crippen molar-refractivity contribution >= 4 is 0 Å². The molecule has 0 aliphatic carbocycles. The summed E-state index contributed by atoms with van der Waals surface area (Å²) in [7, 11) is 0. The van der Waals surface area contributed by atoms with E-state index in [1.165, 1.54) is 0 Å². The monoisotopic (exact) mass is 216 g/mol. The average Bonchev–Trinajstić information content (AvgIpc) is 2.38. The van der Waals surface area contributed by atoms with E-state index in [0.29, 0.717) is 0 Å². The van der Waals surface area contributed by atoms with Gasteiger partial charge in [0.25, 0.3) is 0 Å². The first-order valence-corrected chi connectivity index (χ1v) is 5.63. The van der Waals surface area contributed by atoms with Crippen LogP contribution in [0.2, 0.25) is 0 Å². The molecule has 1 rings (SSSR count). The van der Waals surface area contributed by atoms with Crippen LogP contribution in [-0.4, -0.2) is 0 Å². The van der Waals surface area contributed by atoms with Gasteiger partial charge in [-0.2, -0.15) is 10.5 Å². The molecular formula is C14H20N2. The summed E-state index contributed by atoms with van der Waals surface area (Å²) >= 11 is 0. The van der Waals surface area contributed by atoms with Crippen LogP contribution in [0.4, 0.5) is 0 Å². The van der Waals surface area contributed by atoms with Gasteiger partial charge >= 0.3 is 0 Å². The lowest BCUT2D eigenvalue weighted by Crippen LogP contribution is -1.90. The molecule has 0 N–H and O–H groups in total. The maximum atomic E-state index is 8.58. The molecule has 0 aliphatic rings. The third kappa shape index (κ3) is 5.83. The molecule has 0 unspecified atom stereocenters. The Kier molecular flexibility index (Phi) is 11.7. The molecule has 0 saturated heterocycles. The van der Waals surface area contributed by atoms with E-state index in [-0.39, 0.29) is 0 Å². The fourth-order valence-electron chi connectivity index (χ4n) is 0.937. The average molecular weight is 216 g/mol.